The van der Waals surface area contributed by atoms with E-state index in [1.165, 1.54) is 0 Å². The Kier molecular flexibility index (Phi) is 3.82. The van der Waals surface area contributed by atoms with Gasteiger partial charge in [-0.2, -0.15) is 0 Å². The fourth-order valence-electron chi connectivity index (χ4n) is 2.96. The second-order valence-electron chi connectivity index (χ2n) is 5.85. The first-order valence-electron chi connectivity index (χ1n) is 8.08. The lowest BCUT2D eigenvalue weighted by molar-refractivity contribution is 0.415. The molecule has 1 N–H and O–H groups in total. The van der Waals surface area contributed by atoms with Crippen molar-refractivity contribution in [2.24, 2.45) is 0 Å². The van der Waals surface area contributed by atoms with E-state index in [2.05, 4.69) is 24.3 Å². The van der Waals surface area contributed by atoms with E-state index in [0.29, 0.717) is 0 Å². The van der Waals surface area contributed by atoms with Crippen molar-refractivity contribution in [2.45, 2.75) is 0 Å². The minimum Gasteiger partial charge on any atom is -0.508 e. The first-order valence-corrected chi connectivity index (χ1v) is 8.08. The number of nitrogens with zero attached hydrogens (tertiary/aromatic N) is 1. The Morgan fingerprint density at radius 2 is 1.48 bits per heavy atom. The third-order valence-corrected chi connectivity index (χ3v) is 4.28. The molecular formula is C22H17NO2. The summed E-state index contributed by atoms with van der Waals surface area (Å²) in [5.74, 6) is 1.08. The van der Waals surface area contributed by atoms with Crippen LogP contribution in [0.15, 0.2) is 78.9 Å². The number of benzene rings is 3. The quantitative estimate of drug-likeness (QED) is 0.556. The largest absolute Gasteiger partial charge is 0.508 e. The maximum absolute atomic E-state index is 9.53. The average molecular weight is 327 g/mol. The van der Waals surface area contributed by atoms with Crippen molar-refractivity contribution in [3.8, 4) is 33.9 Å². The van der Waals surface area contributed by atoms with Crippen LogP contribution in [0.25, 0.3) is 33.3 Å². The van der Waals surface area contributed by atoms with Crippen molar-refractivity contribution in [1.29, 1.82) is 0 Å². The first-order chi connectivity index (χ1) is 12.2. The number of ether oxygens (including phenoxy) is 1. The fraction of sp³-hybridized carbons (Fsp3) is 0.0455. The smallest absolute Gasteiger partial charge is 0.118 e. The normalized spacial score (nSPS) is 10.8. The molecule has 4 aromatic rings. The summed E-state index contributed by atoms with van der Waals surface area (Å²) in [5.41, 5.74) is 5.03. The van der Waals surface area contributed by atoms with Crippen LogP contribution in [-0.4, -0.2) is 17.2 Å². The van der Waals surface area contributed by atoms with Crippen LogP contribution in [0.2, 0.25) is 0 Å². The molecule has 0 aliphatic rings. The summed E-state index contributed by atoms with van der Waals surface area (Å²) in [5, 5.41) is 10.6. The van der Waals surface area contributed by atoms with Gasteiger partial charge in [0.2, 0.25) is 0 Å². The molecule has 0 atom stereocenters. The van der Waals surface area contributed by atoms with E-state index in [9.17, 15) is 5.11 Å². The van der Waals surface area contributed by atoms with Gasteiger partial charge in [0.15, 0.2) is 0 Å². The number of hydrogen-bond donors (Lipinski definition) is 1. The van der Waals surface area contributed by atoms with E-state index >= 15 is 0 Å². The Labute approximate surface area is 146 Å². The standard InChI is InChI=1S/C22H17NO2/c1-25-18-12-8-15(9-13-18)20-14-22(16-6-10-17(24)11-7-16)23-21-5-3-2-4-19(20)21/h2-14,24H,1H3. The lowest BCUT2D eigenvalue weighted by Gasteiger charge is -2.11. The van der Waals surface area contributed by atoms with E-state index in [1.54, 1.807) is 19.2 Å². The lowest BCUT2D eigenvalue weighted by atomic mass is 9.98. The molecule has 0 bridgehead atoms. The molecule has 3 nitrogen and oxygen atoms in total. The molecule has 0 radical (unpaired) electrons. The van der Waals surface area contributed by atoms with Gasteiger partial charge < -0.3 is 9.84 Å². The summed E-state index contributed by atoms with van der Waals surface area (Å²) in [4.78, 5) is 4.79. The first kappa shape index (κ1) is 15.2. The molecule has 3 aromatic carbocycles. The van der Waals surface area contributed by atoms with Gasteiger partial charge in [-0.05, 0) is 59.7 Å². The van der Waals surface area contributed by atoms with Crippen molar-refractivity contribution in [3.63, 3.8) is 0 Å². The Balaban J connectivity index is 1.93. The van der Waals surface area contributed by atoms with Crippen LogP contribution < -0.4 is 4.74 Å². The molecule has 3 heteroatoms. The third-order valence-electron chi connectivity index (χ3n) is 4.28. The van der Waals surface area contributed by atoms with Crippen LogP contribution in [0.4, 0.5) is 0 Å². The molecule has 0 spiro atoms. The van der Waals surface area contributed by atoms with Gasteiger partial charge in [0.25, 0.3) is 0 Å². The number of aromatic hydroxyl groups is 1. The molecule has 0 fully saturated rings. The van der Waals surface area contributed by atoms with Crippen molar-refractivity contribution in [3.05, 3.63) is 78.9 Å². The average Bonchev–Trinajstić information content (AvgIpc) is 2.68. The van der Waals surface area contributed by atoms with Crippen molar-refractivity contribution in [2.75, 3.05) is 7.11 Å². The number of pyridine rings is 1. The summed E-state index contributed by atoms with van der Waals surface area (Å²) in [6, 6.07) is 25.4. The fourth-order valence-corrected chi connectivity index (χ4v) is 2.96. The second-order valence-corrected chi connectivity index (χ2v) is 5.85. The maximum atomic E-state index is 9.53. The molecule has 4 rings (SSSR count). The number of phenolic OH excluding ortho intramolecular Hbond substituents is 1. The molecule has 1 aromatic heterocycles. The second kappa shape index (κ2) is 6.29. The topological polar surface area (TPSA) is 42.4 Å². The van der Waals surface area contributed by atoms with Gasteiger partial charge in [0.1, 0.15) is 11.5 Å². The number of phenols is 1. The van der Waals surface area contributed by atoms with Crippen LogP contribution in [0.3, 0.4) is 0 Å². The Morgan fingerprint density at radius 1 is 0.800 bits per heavy atom. The van der Waals surface area contributed by atoms with Gasteiger partial charge in [0.05, 0.1) is 18.3 Å². The molecule has 122 valence electrons. The minimum absolute atomic E-state index is 0.250. The predicted molar refractivity (Wildman–Crippen MR) is 101 cm³/mol. The van der Waals surface area contributed by atoms with Gasteiger partial charge >= 0.3 is 0 Å². The summed E-state index contributed by atoms with van der Waals surface area (Å²) >= 11 is 0. The molecule has 0 unspecified atom stereocenters. The number of rotatable bonds is 3. The van der Waals surface area contributed by atoms with E-state index in [0.717, 1.165) is 39.0 Å². The monoisotopic (exact) mass is 327 g/mol. The van der Waals surface area contributed by atoms with Gasteiger partial charge in [-0.25, -0.2) is 4.98 Å². The SMILES string of the molecule is COc1ccc(-c2cc(-c3ccc(O)cc3)nc3ccccc23)cc1. The summed E-state index contributed by atoms with van der Waals surface area (Å²) in [6.07, 6.45) is 0. The van der Waals surface area contributed by atoms with Crippen molar-refractivity contribution >= 4 is 10.9 Å². The Bertz CT molecular complexity index is 1020. The Hall–Kier alpha value is -3.33. The molecule has 1 heterocycles. The number of methoxy groups -OCH3 is 1. The maximum Gasteiger partial charge on any atom is 0.118 e. The minimum atomic E-state index is 0.250. The van der Waals surface area contributed by atoms with E-state index in [1.807, 2.05) is 42.5 Å². The summed E-state index contributed by atoms with van der Waals surface area (Å²) < 4.78 is 5.26. The molecule has 0 saturated heterocycles. The predicted octanol–water partition coefficient (Wildman–Crippen LogP) is 5.28. The molecule has 0 aliphatic heterocycles. The number of fused-ring (bicyclic) bond motifs is 1. The zero-order valence-corrected chi connectivity index (χ0v) is 13.8. The number of para-hydroxylation sites is 1. The van der Waals surface area contributed by atoms with Crippen LogP contribution in [0.5, 0.6) is 11.5 Å². The van der Waals surface area contributed by atoms with Gasteiger partial charge in [-0.3, -0.25) is 0 Å². The lowest BCUT2D eigenvalue weighted by Crippen LogP contribution is -1.90. The van der Waals surface area contributed by atoms with Gasteiger partial charge in [-0.1, -0.05) is 30.3 Å². The zero-order valence-electron chi connectivity index (χ0n) is 13.8. The third kappa shape index (κ3) is 2.92. The zero-order chi connectivity index (χ0) is 17.2. The highest BCUT2D eigenvalue weighted by molar-refractivity contribution is 5.96. The summed E-state index contributed by atoms with van der Waals surface area (Å²) in [6.45, 7) is 0. The van der Waals surface area contributed by atoms with Gasteiger partial charge in [-0.15, -0.1) is 0 Å². The molecule has 0 aliphatic carbocycles. The molecular weight excluding hydrogens is 310 g/mol. The van der Waals surface area contributed by atoms with Crippen LogP contribution in [-0.2, 0) is 0 Å². The van der Waals surface area contributed by atoms with E-state index < -0.39 is 0 Å². The van der Waals surface area contributed by atoms with Gasteiger partial charge in [0, 0.05) is 10.9 Å². The molecule has 0 amide bonds. The number of aromatic nitrogens is 1. The van der Waals surface area contributed by atoms with Crippen molar-refractivity contribution < 1.29 is 9.84 Å². The highest BCUT2D eigenvalue weighted by Crippen LogP contribution is 2.33. The van der Waals surface area contributed by atoms with Crippen LogP contribution in [0, 0.1) is 0 Å². The summed E-state index contributed by atoms with van der Waals surface area (Å²) in [7, 11) is 1.67. The highest BCUT2D eigenvalue weighted by atomic mass is 16.5. The molecule has 0 saturated carbocycles. The van der Waals surface area contributed by atoms with E-state index in [4.69, 9.17) is 9.72 Å². The van der Waals surface area contributed by atoms with Crippen LogP contribution >= 0.6 is 0 Å². The molecule has 25 heavy (non-hydrogen) atoms. The van der Waals surface area contributed by atoms with Crippen LogP contribution in [0.1, 0.15) is 0 Å². The number of hydrogen-bond acceptors (Lipinski definition) is 3. The van der Waals surface area contributed by atoms with E-state index in [-0.39, 0.29) is 5.75 Å². The Morgan fingerprint density at radius 3 is 2.20 bits per heavy atom. The van der Waals surface area contributed by atoms with Crippen molar-refractivity contribution in [1.82, 2.24) is 4.98 Å². The highest BCUT2D eigenvalue weighted by Gasteiger charge is 2.09.